The van der Waals surface area contributed by atoms with E-state index in [1.165, 1.54) is 10.4 Å². The van der Waals surface area contributed by atoms with Gasteiger partial charge in [-0.05, 0) is 29.8 Å². The van der Waals surface area contributed by atoms with Gasteiger partial charge in [0.2, 0.25) is 0 Å². The average Bonchev–Trinajstić information content (AvgIpc) is 3.42. The summed E-state index contributed by atoms with van der Waals surface area (Å²) < 4.78 is 5.90. The Bertz CT molecular complexity index is 901. The number of quaternary nitrogens is 1. The zero-order valence-electron chi connectivity index (χ0n) is 13.7. The smallest absolute Gasteiger partial charge is 0.274 e. The lowest BCUT2D eigenvalue weighted by atomic mass is 10.0. The zero-order valence-corrected chi connectivity index (χ0v) is 15.3. The number of nitrogens with two attached hydrogens (primary N) is 1. The van der Waals surface area contributed by atoms with Gasteiger partial charge < -0.3 is 9.73 Å². The van der Waals surface area contributed by atoms with E-state index in [0.717, 1.165) is 4.88 Å². The van der Waals surface area contributed by atoms with Gasteiger partial charge in [0.05, 0.1) is 9.75 Å². The predicted molar refractivity (Wildman–Crippen MR) is 101 cm³/mol. The number of rotatable bonds is 6. The van der Waals surface area contributed by atoms with Crippen LogP contribution >= 0.6 is 22.7 Å². The van der Waals surface area contributed by atoms with Gasteiger partial charge in [0.1, 0.15) is 6.04 Å². The molecule has 4 rings (SSSR count). The van der Waals surface area contributed by atoms with Crippen LogP contribution in [-0.2, 0) is 0 Å². The molecule has 1 aromatic carbocycles. The Balaban J connectivity index is 1.58. The Hall–Kier alpha value is -2.28. The SMILES string of the molecule is C[C@@H]([NH2+][C@@H](c1ccccc1)c1cccs1)c1nnc(-c2cccs2)o1. The second-order valence-corrected chi connectivity index (χ2v) is 7.73. The monoisotopic (exact) mass is 368 g/mol. The third kappa shape index (κ3) is 3.56. The molecule has 0 saturated heterocycles. The third-order valence-corrected chi connectivity index (χ3v) is 5.86. The second kappa shape index (κ2) is 7.31. The minimum Gasteiger partial charge on any atom is -0.414 e. The molecule has 0 bridgehead atoms. The Morgan fingerprint density at radius 3 is 2.44 bits per heavy atom. The fourth-order valence-electron chi connectivity index (χ4n) is 2.79. The molecule has 0 radical (unpaired) electrons. The van der Waals surface area contributed by atoms with Crippen molar-refractivity contribution in [3.05, 3.63) is 81.7 Å². The Morgan fingerprint density at radius 1 is 0.920 bits per heavy atom. The van der Waals surface area contributed by atoms with Gasteiger partial charge in [0.25, 0.3) is 11.8 Å². The van der Waals surface area contributed by atoms with E-state index in [9.17, 15) is 0 Å². The van der Waals surface area contributed by atoms with E-state index >= 15 is 0 Å². The molecule has 2 atom stereocenters. The van der Waals surface area contributed by atoms with Crippen molar-refractivity contribution in [2.75, 3.05) is 0 Å². The number of hydrogen-bond acceptors (Lipinski definition) is 5. The van der Waals surface area contributed by atoms with Gasteiger partial charge in [-0.3, -0.25) is 0 Å². The van der Waals surface area contributed by atoms with Crippen LogP contribution in [0.25, 0.3) is 10.8 Å². The Morgan fingerprint density at radius 2 is 1.72 bits per heavy atom. The molecule has 3 heterocycles. The highest BCUT2D eigenvalue weighted by Gasteiger charge is 2.25. The topological polar surface area (TPSA) is 55.5 Å². The van der Waals surface area contributed by atoms with Crippen LogP contribution in [0.1, 0.15) is 35.3 Å². The first kappa shape index (κ1) is 16.2. The molecule has 25 heavy (non-hydrogen) atoms. The molecule has 0 spiro atoms. The molecular weight excluding hydrogens is 350 g/mol. The first-order chi connectivity index (χ1) is 12.3. The van der Waals surface area contributed by atoms with Crippen LogP contribution in [0.3, 0.4) is 0 Å². The lowest BCUT2D eigenvalue weighted by molar-refractivity contribution is -0.725. The quantitative estimate of drug-likeness (QED) is 0.553. The largest absolute Gasteiger partial charge is 0.414 e. The summed E-state index contributed by atoms with van der Waals surface area (Å²) in [6.45, 7) is 2.11. The van der Waals surface area contributed by atoms with Crippen molar-refractivity contribution in [2.45, 2.75) is 19.0 Å². The van der Waals surface area contributed by atoms with E-state index in [1.807, 2.05) is 23.6 Å². The highest BCUT2D eigenvalue weighted by molar-refractivity contribution is 7.13. The van der Waals surface area contributed by atoms with Crippen molar-refractivity contribution in [1.29, 1.82) is 0 Å². The van der Waals surface area contributed by atoms with Crippen molar-refractivity contribution in [3.63, 3.8) is 0 Å². The normalized spacial score (nSPS) is 13.6. The van der Waals surface area contributed by atoms with Crippen LogP contribution in [-0.4, -0.2) is 10.2 Å². The number of aromatic nitrogens is 2. The summed E-state index contributed by atoms with van der Waals surface area (Å²) >= 11 is 3.38. The van der Waals surface area contributed by atoms with E-state index in [-0.39, 0.29) is 12.1 Å². The van der Waals surface area contributed by atoms with Gasteiger partial charge in [0, 0.05) is 5.56 Å². The van der Waals surface area contributed by atoms with Crippen LogP contribution in [0.4, 0.5) is 0 Å². The summed E-state index contributed by atoms with van der Waals surface area (Å²) in [4.78, 5) is 2.32. The van der Waals surface area contributed by atoms with Gasteiger partial charge >= 0.3 is 0 Å². The van der Waals surface area contributed by atoms with Crippen molar-refractivity contribution < 1.29 is 9.73 Å². The average molecular weight is 369 g/mol. The Kier molecular flexibility index (Phi) is 4.74. The van der Waals surface area contributed by atoms with Crippen LogP contribution in [0, 0.1) is 0 Å². The number of benzene rings is 1. The maximum atomic E-state index is 5.90. The molecule has 0 aliphatic carbocycles. The third-order valence-electron chi connectivity index (χ3n) is 4.05. The van der Waals surface area contributed by atoms with Gasteiger partial charge in [0.15, 0.2) is 6.04 Å². The van der Waals surface area contributed by atoms with Gasteiger partial charge in [-0.2, -0.15) is 0 Å². The fraction of sp³-hybridized carbons (Fsp3) is 0.158. The lowest BCUT2D eigenvalue weighted by Gasteiger charge is -2.17. The standard InChI is InChI=1S/C19H17N3OS2/c1-13(18-21-22-19(23-18)16-10-6-12-25-16)20-17(15-9-5-11-24-15)14-7-3-2-4-8-14/h2-13,17,20H,1H3/p+1/t13-,17+/m1/s1. The molecule has 2 N–H and O–H groups in total. The summed E-state index contributed by atoms with van der Waals surface area (Å²) in [6, 6.07) is 19.1. The number of hydrogen-bond donors (Lipinski definition) is 1. The van der Waals surface area contributed by atoms with Crippen LogP contribution < -0.4 is 5.32 Å². The van der Waals surface area contributed by atoms with E-state index < -0.39 is 0 Å². The van der Waals surface area contributed by atoms with Crippen LogP contribution in [0.2, 0.25) is 0 Å². The van der Waals surface area contributed by atoms with E-state index in [1.54, 1.807) is 22.7 Å². The highest BCUT2D eigenvalue weighted by Crippen LogP contribution is 2.26. The summed E-state index contributed by atoms with van der Waals surface area (Å²) in [6.07, 6.45) is 0. The molecule has 0 amide bonds. The highest BCUT2D eigenvalue weighted by atomic mass is 32.1. The maximum absolute atomic E-state index is 5.90. The van der Waals surface area contributed by atoms with Crippen LogP contribution in [0.15, 0.2) is 69.8 Å². The van der Waals surface area contributed by atoms with E-state index in [2.05, 4.69) is 64.2 Å². The van der Waals surface area contributed by atoms with Crippen molar-refractivity contribution in [2.24, 2.45) is 0 Å². The van der Waals surface area contributed by atoms with Gasteiger partial charge in [-0.15, -0.1) is 32.9 Å². The van der Waals surface area contributed by atoms with Gasteiger partial charge in [-0.1, -0.05) is 42.5 Å². The molecule has 4 aromatic rings. The molecule has 0 fully saturated rings. The molecule has 126 valence electrons. The summed E-state index contributed by atoms with van der Waals surface area (Å²) in [5.41, 5.74) is 1.27. The molecule has 3 aromatic heterocycles. The summed E-state index contributed by atoms with van der Waals surface area (Å²) in [7, 11) is 0. The molecule has 0 unspecified atom stereocenters. The first-order valence-corrected chi connectivity index (χ1v) is 9.88. The fourth-order valence-corrected chi connectivity index (χ4v) is 4.27. The minimum atomic E-state index is 0.0634. The second-order valence-electron chi connectivity index (χ2n) is 5.81. The van der Waals surface area contributed by atoms with Crippen LogP contribution in [0.5, 0.6) is 0 Å². The molecule has 0 aliphatic rings. The predicted octanol–water partition coefficient (Wildman–Crippen LogP) is 4.27. The summed E-state index contributed by atoms with van der Waals surface area (Å²) in [5, 5.41) is 14.9. The van der Waals surface area contributed by atoms with E-state index in [0.29, 0.717) is 11.8 Å². The Labute approximate surface area is 154 Å². The molecule has 4 nitrogen and oxygen atoms in total. The molecule has 0 aliphatic heterocycles. The van der Waals surface area contributed by atoms with Gasteiger partial charge in [-0.25, -0.2) is 0 Å². The maximum Gasteiger partial charge on any atom is 0.274 e. The van der Waals surface area contributed by atoms with Crippen molar-refractivity contribution in [3.8, 4) is 10.8 Å². The number of nitrogens with zero attached hydrogens (tertiary/aromatic N) is 2. The molecule has 0 saturated carbocycles. The molecule has 6 heteroatoms. The number of thiophene rings is 2. The minimum absolute atomic E-state index is 0.0634. The zero-order chi connectivity index (χ0) is 17.1. The van der Waals surface area contributed by atoms with E-state index in [4.69, 9.17) is 4.42 Å². The lowest BCUT2D eigenvalue weighted by Crippen LogP contribution is -2.85. The summed E-state index contributed by atoms with van der Waals surface area (Å²) in [5.74, 6) is 1.25. The van der Waals surface area contributed by atoms with Crippen molar-refractivity contribution >= 4 is 22.7 Å². The van der Waals surface area contributed by atoms with Crippen molar-refractivity contribution in [1.82, 2.24) is 10.2 Å². The first-order valence-electron chi connectivity index (χ1n) is 8.12. The molecular formula is C19H18N3OS2+.